The zero-order chi connectivity index (χ0) is 15.1. The van der Waals surface area contributed by atoms with Crippen LogP contribution in [0.2, 0.25) is 0 Å². The third kappa shape index (κ3) is 4.27. The quantitative estimate of drug-likeness (QED) is 0.725. The van der Waals surface area contributed by atoms with Crippen LogP contribution < -0.4 is 5.73 Å². The second-order valence-electron chi connectivity index (χ2n) is 4.29. The maximum absolute atomic E-state index is 12.4. The van der Waals surface area contributed by atoms with E-state index in [0.29, 0.717) is 24.5 Å². The van der Waals surface area contributed by atoms with E-state index in [-0.39, 0.29) is 19.1 Å². The third-order valence-electron chi connectivity index (χ3n) is 2.72. The zero-order valence-corrected chi connectivity index (χ0v) is 12.1. The highest BCUT2D eigenvalue weighted by atomic mass is 16.5. The zero-order valence-electron chi connectivity index (χ0n) is 12.1. The predicted molar refractivity (Wildman–Crippen MR) is 74.2 cm³/mol. The van der Waals surface area contributed by atoms with Gasteiger partial charge in [0, 0.05) is 26.9 Å². The standard InChI is InChI=1S/C13H21N3O4/c1-4-20-12(17)9-16(5-6-19-3)13(18)11-7-10(14)8-15(11)2/h7-8H,4-6,9,14H2,1-3H3. The Kier molecular flexibility index (Phi) is 6.05. The fourth-order valence-electron chi connectivity index (χ4n) is 1.78. The number of hydrogen-bond donors (Lipinski definition) is 1. The van der Waals surface area contributed by atoms with Gasteiger partial charge in [0.1, 0.15) is 12.2 Å². The molecule has 2 N–H and O–H groups in total. The minimum atomic E-state index is -0.445. The van der Waals surface area contributed by atoms with E-state index in [9.17, 15) is 9.59 Å². The fraction of sp³-hybridized carbons (Fsp3) is 0.538. The maximum Gasteiger partial charge on any atom is 0.325 e. The predicted octanol–water partition coefficient (Wildman–Crippen LogP) is 0.259. The molecule has 0 saturated carbocycles. The van der Waals surface area contributed by atoms with Gasteiger partial charge in [-0.15, -0.1) is 0 Å². The van der Waals surface area contributed by atoms with Crippen molar-refractivity contribution in [3.05, 3.63) is 18.0 Å². The third-order valence-corrected chi connectivity index (χ3v) is 2.72. The van der Waals surface area contributed by atoms with E-state index < -0.39 is 5.97 Å². The molecule has 1 heterocycles. The Labute approximate surface area is 118 Å². The van der Waals surface area contributed by atoms with E-state index in [1.165, 1.54) is 12.0 Å². The molecule has 1 rings (SSSR count). The lowest BCUT2D eigenvalue weighted by molar-refractivity contribution is -0.143. The van der Waals surface area contributed by atoms with Crippen molar-refractivity contribution in [2.75, 3.05) is 39.1 Å². The summed E-state index contributed by atoms with van der Waals surface area (Å²) in [6.45, 7) is 2.53. The number of anilines is 1. The molecule has 20 heavy (non-hydrogen) atoms. The van der Waals surface area contributed by atoms with E-state index in [0.717, 1.165) is 0 Å². The highest BCUT2D eigenvalue weighted by Gasteiger charge is 2.21. The molecule has 0 aliphatic rings. The first-order valence-corrected chi connectivity index (χ1v) is 6.35. The Bertz CT molecular complexity index is 470. The number of nitrogens with two attached hydrogens (primary N) is 1. The lowest BCUT2D eigenvalue weighted by Gasteiger charge is -2.21. The van der Waals surface area contributed by atoms with E-state index in [2.05, 4.69) is 0 Å². The molecule has 1 amide bonds. The van der Waals surface area contributed by atoms with E-state index >= 15 is 0 Å². The Balaban J connectivity index is 2.83. The van der Waals surface area contributed by atoms with Crippen molar-refractivity contribution in [1.29, 1.82) is 0 Å². The number of esters is 1. The summed E-state index contributed by atoms with van der Waals surface area (Å²) in [6.07, 6.45) is 1.64. The van der Waals surface area contributed by atoms with Crippen molar-refractivity contribution in [1.82, 2.24) is 9.47 Å². The van der Waals surface area contributed by atoms with Gasteiger partial charge in [0.25, 0.3) is 5.91 Å². The molecular weight excluding hydrogens is 262 g/mol. The molecule has 0 aliphatic heterocycles. The van der Waals surface area contributed by atoms with Gasteiger partial charge in [-0.25, -0.2) is 0 Å². The van der Waals surface area contributed by atoms with Crippen LogP contribution in [0.4, 0.5) is 5.69 Å². The molecule has 0 aromatic carbocycles. The van der Waals surface area contributed by atoms with Crippen LogP contribution in [0.25, 0.3) is 0 Å². The van der Waals surface area contributed by atoms with Crippen LogP contribution in [-0.4, -0.2) is 54.8 Å². The molecule has 0 saturated heterocycles. The Morgan fingerprint density at radius 3 is 2.65 bits per heavy atom. The van der Waals surface area contributed by atoms with Gasteiger partial charge in [-0.3, -0.25) is 9.59 Å². The first-order chi connectivity index (χ1) is 9.49. The molecule has 1 aromatic rings. The van der Waals surface area contributed by atoms with Crippen LogP contribution in [0.15, 0.2) is 12.3 Å². The van der Waals surface area contributed by atoms with Crippen LogP contribution in [0.3, 0.4) is 0 Å². The lowest BCUT2D eigenvalue weighted by atomic mass is 10.3. The molecule has 7 nitrogen and oxygen atoms in total. The summed E-state index contributed by atoms with van der Waals surface area (Å²) in [5.41, 5.74) is 6.58. The number of ether oxygens (including phenoxy) is 2. The van der Waals surface area contributed by atoms with Gasteiger partial charge >= 0.3 is 5.97 Å². The number of rotatable bonds is 7. The summed E-state index contributed by atoms with van der Waals surface area (Å²) >= 11 is 0. The second kappa shape index (κ2) is 7.54. The maximum atomic E-state index is 12.4. The first-order valence-electron chi connectivity index (χ1n) is 6.35. The van der Waals surface area contributed by atoms with Gasteiger partial charge in [0.15, 0.2) is 0 Å². The van der Waals surface area contributed by atoms with Gasteiger partial charge in [-0.1, -0.05) is 0 Å². The molecule has 0 fully saturated rings. The van der Waals surface area contributed by atoms with Gasteiger partial charge in [-0.2, -0.15) is 0 Å². The average molecular weight is 283 g/mol. The number of carbonyl (C=O) groups is 2. The van der Waals surface area contributed by atoms with Crippen molar-refractivity contribution in [3.63, 3.8) is 0 Å². The van der Waals surface area contributed by atoms with Crippen molar-refractivity contribution in [2.45, 2.75) is 6.92 Å². The highest BCUT2D eigenvalue weighted by molar-refractivity contribution is 5.95. The Hall–Kier alpha value is -2.02. The van der Waals surface area contributed by atoms with Crippen molar-refractivity contribution >= 4 is 17.6 Å². The number of nitrogens with zero attached hydrogens (tertiary/aromatic N) is 2. The van der Waals surface area contributed by atoms with E-state index in [1.807, 2.05) is 0 Å². The topological polar surface area (TPSA) is 86.8 Å². The normalized spacial score (nSPS) is 10.3. The molecule has 0 bridgehead atoms. The minimum Gasteiger partial charge on any atom is -0.465 e. The number of hydrogen-bond acceptors (Lipinski definition) is 5. The molecule has 0 spiro atoms. The largest absolute Gasteiger partial charge is 0.465 e. The molecule has 0 aliphatic carbocycles. The van der Waals surface area contributed by atoms with Crippen molar-refractivity contribution in [3.8, 4) is 0 Å². The fourth-order valence-corrected chi connectivity index (χ4v) is 1.78. The first kappa shape index (κ1) is 16.0. The number of carbonyl (C=O) groups excluding carboxylic acids is 2. The van der Waals surface area contributed by atoms with Crippen LogP contribution in [0.1, 0.15) is 17.4 Å². The van der Waals surface area contributed by atoms with Crippen molar-refractivity contribution in [2.24, 2.45) is 7.05 Å². The minimum absolute atomic E-state index is 0.110. The monoisotopic (exact) mass is 283 g/mol. The molecule has 7 heteroatoms. The molecule has 0 unspecified atom stereocenters. The SMILES string of the molecule is CCOC(=O)CN(CCOC)C(=O)c1cc(N)cn1C. The molecular formula is C13H21N3O4. The van der Waals surface area contributed by atoms with Crippen LogP contribution in [-0.2, 0) is 21.3 Å². The summed E-state index contributed by atoms with van der Waals surface area (Å²) in [5, 5.41) is 0. The smallest absolute Gasteiger partial charge is 0.325 e. The van der Waals surface area contributed by atoms with Gasteiger partial charge in [-0.05, 0) is 13.0 Å². The summed E-state index contributed by atoms with van der Waals surface area (Å²) < 4.78 is 11.5. The van der Waals surface area contributed by atoms with Crippen LogP contribution in [0.5, 0.6) is 0 Å². The number of amides is 1. The van der Waals surface area contributed by atoms with Crippen molar-refractivity contribution < 1.29 is 19.1 Å². The Morgan fingerprint density at radius 1 is 1.45 bits per heavy atom. The highest BCUT2D eigenvalue weighted by Crippen LogP contribution is 2.11. The van der Waals surface area contributed by atoms with E-state index in [4.69, 9.17) is 15.2 Å². The summed E-state index contributed by atoms with van der Waals surface area (Å²) in [6, 6.07) is 1.58. The van der Waals surface area contributed by atoms with E-state index in [1.54, 1.807) is 30.8 Å². The number of nitrogen functional groups attached to an aromatic ring is 1. The number of aromatic nitrogens is 1. The molecule has 0 radical (unpaired) electrons. The van der Waals surface area contributed by atoms with Gasteiger partial charge in [0.2, 0.25) is 0 Å². The second-order valence-corrected chi connectivity index (χ2v) is 4.29. The average Bonchev–Trinajstić information content (AvgIpc) is 2.73. The molecule has 0 atom stereocenters. The summed E-state index contributed by atoms with van der Waals surface area (Å²) in [7, 11) is 3.26. The van der Waals surface area contributed by atoms with Crippen LogP contribution in [0, 0.1) is 0 Å². The summed E-state index contributed by atoms with van der Waals surface area (Å²) in [5.74, 6) is -0.728. The van der Waals surface area contributed by atoms with Gasteiger partial charge < -0.3 is 24.7 Å². The number of aryl methyl sites for hydroxylation is 1. The number of methoxy groups -OCH3 is 1. The van der Waals surface area contributed by atoms with Gasteiger partial charge in [0.05, 0.1) is 18.9 Å². The van der Waals surface area contributed by atoms with Crippen LogP contribution >= 0.6 is 0 Å². The Morgan fingerprint density at radius 2 is 2.15 bits per heavy atom. The molecule has 1 aromatic heterocycles. The molecule has 112 valence electrons. The summed E-state index contributed by atoms with van der Waals surface area (Å²) in [4.78, 5) is 25.4. The lowest BCUT2D eigenvalue weighted by Crippen LogP contribution is -2.39.